The Labute approximate surface area is 162 Å². The van der Waals surface area contributed by atoms with E-state index in [1.807, 2.05) is 35.3 Å². The molecule has 0 saturated carbocycles. The van der Waals surface area contributed by atoms with Crippen LogP contribution in [0.1, 0.15) is 11.1 Å². The highest BCUT2D eigenvalue weighted by atomic mass is 16.2. The molecule has 28 heavy (non-hydrogen) atoms. The Bertz CT molecular complexity index is 1050. The van der Waals surface area contributed by atoms with E-state index in [9.17, 15) is 4.79 Å². The van der Waals surface area contributed by atoms with Crippen LogP contribution in [0.2, 0.25) is 0 Å². The summed E-state index contributed by atoms with van der Waals surface area (Å²) in [7, 11) is 0. The van der Waals surface area contributed by atoms with Crippen molar-refractivity contribution in [2.45, 2.75) is 19.4 Å². The molecule has 0 aliphatic rings. The summed E-state index contributed by atoms with van der Waals surface area (Å²) < 4.78 is 1.82. The van der Waals surface area contributed by atoms with Crippen molar-refractivity contribution in [1.82, 2.24) is 25.1 Å². The number of aromatic amines is 1. The first-order chi connectivity index (χ1) is 13.8. The molecule has 0 aliphatic heterocycles. The molecule has 3 heterocycles. The van der Waals surface area contributed by atoms with E-state index in [1.54, 1.807) is 18.5 Å². The van der Waals surface area contributed by atoms with E-state index in [4.69, 9.17) is 0 Å². The SMILES string of the molecule is O=C(NCCc1ccc2[nH]ccc2c1)Nc1ccn(CCc2ccncc2)n1. The van der Waals surface area contributed by atoms with Crippen molar-refractivity contribution in [1.29, 1.82) is 0 Å². The van der Waals surface area contributed by atoms with E-state index < -0.39 is 0 Å². The van der Waals surface area contributed by atoms with Gasteiger partial charge in [0.1, 0.15) is 0 Å². The summed E-state index contributed by atoms with van der Waals surface area (Å²) in [5.41, 5.74) is 3.51. The monoisotopic (exact) mass is 374 g/mol. The molecular weight excluding hydrogens is 352 g/mol. The van der Waals surface area contributed by atoms with Crippen LogP contribution >= 0.6 is 0 Å². The molecule has 0 aliphatic carbocycles. The third-order valence-corrected chi connectivity index (χ3v) is 4.58. The van der Waals surface area contributed by atoms with Crippen LogP contribution in [0.25, 0.3) is 10.9 Å². The van der Waals surface area contributed by atoms with Crippen LogP contribution in [-0.4, -0.2) is 32.3 Å². The third-order valence-electron chi connectivity index (χ3n) is 4.58. The average molecular weight is 374 g/mol. The standard InChI is InChI=1S/C21H22N6O/c28-21(24-11-5-17-1-2-19-18(15-17)6-12-23-19)25-20-8-14-27(26-20)13-7-16-3-9-22-10-4-16/h1-4,6,8-10,12,14-15,23H,5,7,11,13H2,(H2,24,25,26,28). The molecule has 1 aromatic carbocycles. The highest BCUT2D eigenvalue weighted by Crippen LogP contribution is 2.14. The molecule has 3 aromatic heterocycles. The maximum Gasteiger partial charge on any atom is 0.320 e. The summed E-state index contributed by atoms with van der Waals surface area (Å²) in [5, 5.41) is 11.2. The van der Waals surface area contributed by atoms with Gasteiger partial charge in [0.05, 0.1) is 0 Å². The number of hydrogen-bond acceptors (Lipinski definition) is 3. The van der Waals surface area contributed by atoms with E-state index in [-0.39, 0.29) is 6.03 Å². The molecule has 7 nitrogen and oxygen atoms in total. The first-order valence-electron chi connectivity index (χ1n) is 9.29. The average Bonchev–Trinajstić information content (AvgIpc) is 3.36. The van der Waals surface area contributed by atoms with Gasteiger partial charge in [0, 0.05) is 49.5 Å². The molecule has 7 heteroatoms. The Morgan fingerprint density at radius 2 is 1.93 bits per heavy atom. The molecule has 0 bridgehead atoms. The van der Waals surface area contributed by atoms with Crippen LogP contribution in [0.3, 0.4) is 0 Å². The third kappa shape index (κ3) is 4.56. The number of nitrogens with zero attached hydrogens (tertiary/aromatic N) is 3. The zero-order valence-corrected chi connectivity index (χ0v) is 15.4. The Morgan fingerprint density at radius 1 is 1.04 bits per heavy atom. The molecule has 3 N–H and O–H groups in total. The lowest BCUT2D eigenvalue weighted by molar-refractivity contribution is 0.252. The van der Waals surface area contributed by atoms with Gasteiger partial charge in [-0.25, -0.2) is 4.79 Å². The Hall–Kier alpha value is -3.61. The summed E-state index contributed by atoms with van der Waals surface area (Å²) in [5.74, 6) is 0.543. The van der Waals surface area contributed by atoms with Gasteiger partial charge in [-0.05, 0) is 59.7 Å². The number of carbonyl (C=O) groups excluding carboxylic acids is 1. The van der Waals surface area contributed by atoms with E-state index in [1.165, 1.54) is 16.5 Å². The number of benzene rings is 1. The van der Waals surface area contributed by atoms with Gasteiger partial charge in [-0.1, -0.05) is 6.07 Å². The lowest BCUT2D eigenvalue weighted by atomic mass is 10.1. The Kier molecular flexibility index (Phi) is 5.33. The van der Waals surface area contributed by atoms with Crippen LogP contribution in [0.15, 0.2) is 67.3 Å². The van der Waals surface area contributed by atoms with E-state index in [0.29, 0.717) is 12.4 Å². The maximum atomic E-state index is 12.1. The molecule has 0 atom stereocenters. The fourth-order valence-electron chi connectivity index (χ4n) is 3.09. The van der Waals surface area contributed by atoms with Crippen LogP contribution in [0.5, 0.6) is 0 Å². The molecule has 0 unspecified atom stereocenters. The predicted molar refractivity (Wildman–Crippen MR) is 109 cm³/mol. The number of urea groups is 1. The second-order valence-electron chi connectivity index (χ2n) is 6.60. The van der Waals surface area contributed by atoms with Crippen LogP contribution in [0.4, 0.5) is 10.6 Å². The highest BCUT2D eigenvalue weighted by Gasteiger charge is 2.05. The smallest absolute Gasteiger partial charge is 0.320 e. The molecule has 0 spiro atoms. The Morgan fingerprint density at radius 3 is 2.82 bits per heavy atom. The second kappa shape index (κ2) is 8.39. The second-order valence-corrected chi connectivity index (χ2v) is 6.60. The molecule has 0 fully saturated rings. The first-order valence-corrected chi connectivity index (χ1v) is 9.29. The number of anilines is 1. The lowest BCUT2D eigenvalue weighted by Crippen LogP contribution is -2.30. The number of nitrogens with one attached hydrogen (secondary N) is 3. The number of pyridine rings is 1. The minimum absolute atomic E-state index is 0.248. The van der Waals surface area contributed by atoms with Gasteiger partial charge in [-0.2, -0.15) is 5.10 Å². The van der Waals surface area contributed by atoms with Crippen molar-refractivity contribution in [2.75, 3.05) is 11.9 Å². The summed E-state index contributed by atoms with van der Waals surface area (Å²) >= 11 is 0. The van der Waals surface area contributed by atoms with Crippen LogP contribution in [-0.2, 0) is 19.4 Å². The summed E-state index contributed by atoms with van der Waals surface area (Å²) in [6.45, 7) is 1.31. The van der Waals surface area contributed by atoms with Gasteiger partial charge in [-0.15, -0.1) is 0 Å². The van der Waals surface area contributed by atoms with Gasteiger partial charge >= 0.3 is 6.03 Å². The largest absolute Gasteiger partial charge is 0.361 e. The summed E-state index contributed by atoms with van der Waals surface area (Å²) in [6, 6.07) is 13.8. The van der Waals surface area contributed by atoms with E-state index in [0.717, 1.165) is 24.9 Å². The summed E-state index contributed by atoms with van der Waals surface area (Å²) in [4.78, 5) is 19.3. The van der Waals surface area contributed by atoms with Crippen molar-refractivity contribution < 1.29 is 4.79 Å². The van der Waals surface area contributed by atoms with Gasteiger partial charge in [0.2, 0.25) is 0 Å². The molecule has 0 radical (unpaired) electrons. The number of aryl methyl sites for hydroxylation is 2. The van der Waals surface area contributed by atoms with Crippen molar-refractivity contribution in [3.8, 4) is 0 Å². The van der Waals surface area contributed by atoms with Crippen molar-refractivity contribution in [3.63, 3.8) is 0 Å². The normalized spacial score (nSPS) is 10.9. The molecule has 142 valence electrons. The van der Waals surface area contributed by atoms with Crippen molar-refractivity contribution in [3.05, 3.63) is 78.4 Å². The maximum absolute atomic E-state index is 12.1. The minimum Gasteiger partial charge on any atom is -0.361 e. The van der Waals surface area contributed by atoms with E-state index in [2.05, 4.69) is 43.9 Å². The van der Waals surface area contributed by atoms with Gasteiger partial charge in [-0.3, -0.25) is 15.0 Å². The number of hydrogen-bond donors (Lipinski definition) is 3. The van der Waals surface area contributed by atoms with Crippen molar-refractivity contribution >= 4 is 22.8 Å². The fourth-order valence-corrected chi connectivity index (χ4v) is 3.09. The fraction of sp³-hybridized carbons (Fsp3) is 0.190. The number of fused-ring (bicyclic) bond motifs is 1. The van der Waals surface area contributed by atoms with Gasteiger partial charge < -0.3 is 10.3 Å². The van der Waals surface area contributed by atoms with E-state index >= 15 is 0 Å². The number of H-pyrrole nitrogens is 1. The topological polar surface area (TPSA) is 87.6 Å². The molecule has 0 saturated heterocycles. The predicted octanol–water partition coefficient (Wildman–Crippen LogP) is 3.37. The first kappa shape index (κ1) is 17.8. The minimum atomic E-state index is -0.248. The molecular formula is C21H22N6O. The zero-order valence-electron chi connectivity index (χ0n) is 15.4. The quantitative estimate of drug-likeness (QED) is 0.463. The molecule has 4 rings (SSSR count). The van der Waals surface area contributed by atoms with Crippen molar-refractivity contribution in [2.24, 2.45) is 0 Å². The zero-order chi connectivity index (χ0) is 19.2. The molecule has 2 amide bonds. The number of carbonyl (C=O) groups is 1. The lowest BCUT2D eigenvalue weighted by Gasteiger charge is -2.06. The Balaban J connectivity index is 1.22. The number of amides is 2. The summed E-state index contributed by atoms with van der Waals surface area (Å²) in [6.07, 6.45) is 8.99. The highest BCUT2D eigenvalue weighted by molar-refractivity contribution is 5.88. The number of aromatic nitrogens is 4. The van der Waals surface area contributed by atoms with Gasteiger partial charge in [0.25, 0.3) is 0 Å². The van der Waals surface area contributed by atoms with Crippen LogP contribution in [0, 0.1) is 0 Å². The van der Waals surface area contributed by atoms with Gasteiger partial charge in [0.15, 0.2) is 5.82 Å². The van der Waals surface area contributed by atoms with Crippen LogP contribution < -0.4 is 10.6 Å². The molecule has 4 aromatic rings. The number of rotatable bonds is 7.